The lowest BCUT2D eigenvalue weighted by Crippen LogP contribution is -2.50. The molecule has 2 aromatic rings. The predicted molar refractivity (Wildman–Crippen MR) is 108 cm³/mol. The second-order valence-electron chi connectivity index (χ2n) is 7.25. The number of rotatable bonds is 6. The average molecular weight is 384 g/mol. The van der Waals surface area contributed by atoms with Gasteiger partial charge in [0, 0.05) is 38.4 Å². The molecule has 1 aromatic heterocycles. The number of carbonyl (C=O) groups is 1. The third-order valence-electron chi connectivity index (χ3n) is 4.88. The number of ether oxygens (including phenoxy) is 2. The Bertz CT molecular complexity index is 817. The van der Waals surface area contributed by atoms with E-state index in [9.17, 15) is 4.79 Å². The Hall–Kier alpha value is -2.83. The number of piperazine rings is 1. The van der Waals surface area contributed by atoms with Gasteiger partial charge in [-0.3, -0.25) is 4.79 Å². The van der Waals surface area contributed by atoms with Crippen LogP contribution in [0.1, 0.15) is 30.9 Å². The van der Waals surface area contributed by atoms with Gasteiger partial charge in [0.1, 0.15) is 5.75 Å². The van der Waals surface area contributed by atoms with Crippen molar-refractivity contribution in [3.8, 4) is 11.6 Å². The van der Waals surface area contributed by atoms with Crippen LogP contribution in [-0.4, -0.2) is 60.7 Å². The molecule has 0 saturated carbocycles. The summed E-state index contributed by atoms with van der Waals surface area (Å²) in [5, 5.41) is 0. The van der Waals surface area contributed by atoms with Crippen LogP contribution in [0, 0.1) is 6.92 Å². The van der Waals surface area contributed by atoms with Gasteiger partial charge in [0.2, 0.25) is 11.8 Å². The minimum absolute atomic E-state index is 0.00224. The van der Waals surface area contributed by atoms with Gasteiger partial charge in [-0.15, -0.1) is 0 Å². The Morgan fingerprint density at radius 2 is 1.93 bits per heavy atom. The molecule has 1 fully saturated rings. The first-order chi connectivity index (χ1) is 13.5. The molecule has 150 valence electrons. The van der Waals surface area contributed by atoms with Crippen LogP contribution in [0.5, 0.6) is 11.6 Å². The van der Waals surface area contributed by atoms with Gasteiger partial charge in [0.15, 0.2) is 6.61 Å². The molecule has 0 radical (unpaired) electrons. The molecular formula is C21H28N4O3. The SMILES string of the molecule is COc1ccnc(N2CCN(C(=O)COc3cc(C)ccc3C(C)C)CC2)n1. The summed E-state index contributed by atoms with van der Waals surface area (Å²) in [6, 6.07) is 7.87. The van der Waals surface area contributed by atoms with E-state index in [-0.39, 0.29) is 12.5 Å². The molecule has 1 aromatic carbocycles. The van der Waals surface area contributed by atoms with Crippen LogP contribution in [0.25, 0.3) is 0 Å². The number of nitrogens with zero attached hydrogens (tertiary/aromatic N) is 4. The van der Waals surface area contributed by atoms with E-state index in [1.807, 2.05) is 17.9 Å². The predicted octanol–water partition coefficient (Wildman–Crippen LogP) is 2.64. The molecule has 0 unspecified atom stereocenters. The van der Waals surface area contributed by atoms with Crippen LogP contribution in [0.4, 0.5) is 5.95 Å². The van der Waals surface area contributed by atoms with Gasteiger partial charge < -0.3 is 19.3 Å². The van der Waals surface area contributed by atoms with Crippen molar-refractivity contribution in [2.45, 2.75) is 26.7 Å². The number of methoxy groups -OCH3 is 1. The molecule has 0 N–H and O–H groups in total. The van der Waals surface area contributed by atoms with Crippen molar-refractivity contribution < 1.29 is 14.3 Å². The van der Waals surface area contributed by atoms with Crippen molar-refractivity contribution in [1.82, 2.24) is 14.9 Å². The molecule has 1 saturated heterocycles. The molecule has 2 heterocycles. The summed E-state index contributed by atoms with van der Waals surface area (Å²) < 4.78 is 11.0. The summed E-state index contributed by atoms with van der Waals surface area (Å²) in [5.41, 5.74) is 2.25. The third-order valence-corrected chi connectivity index (χ3v) is 4.88. The molecule has 7 nitrogen and oxygen atoms in total. The fourth-order valence-corrected chi connectivity index (χ4v) is 3.23. The van der Waals surface area contributed by atoms with Crippen LogP contribution in [0.15, 0.2) is 30.5 Å². The first-order valence-corrected chi connectivity index (χ1v) is 9.61. The molecule has 0 atom stereocenters. The molecule has 0 spiro atoms. The van der Waals surface area contributed by atoms with Crippen LogP contribution >= 0.6 is 0 Å². The quantitative estimate of drug-likeness (QED) is 0.763. The summed E-state index contributed by atoms with van der Waals surface area (Å²) >= 11 is 0. The highest BCUT2D eigenvalue weighted by Crippen LogP contribution is 2.27. The summed E-state index contributed by atoms with van der Waals surface area (Å²) in [5.74, 6) is 2.31. The number of aryl methyl sites for hydroxylation is 1. The minimum atomic E-state index is 0.00224. The zero-order valence-electron chi connectivity index (χ0n) is 17.0. The second-order valence-corrected chi connectivity index (χ2v) is 7.25. The van der Waals surface area contributed by atoms with Crippen molar-refractivity contribution in [1.29, 1.82) is 0 Å². The Balaban J connectivity index is 1.55. The number of benzene rings is 1. The van der Waals surface area contributed by atoms with E-state index in [4.69, 9.17) is 9.47 Å². The smallest absolute Gasteiger partial charge is 0.260 e. The van der Waals surface area contributed by atoms with Crippen LogP contribution < -0.4 is 14.4 Å². The lowest BCUT2D eigenvalue weighted by molar-refractivity contribution is -0.133. The maximum Gasteiger partial charge on any atom is 0.260 e. The summed E-state index contributed by atoms with van der Waals surface area (Å²) in [4.78, 5) is 25.2. The Morgan fingerprint density at radius 3 is 2.61 bits per heavy atom. The monoisotopic (exact) mass is 384 g/mol. The first-order valence-electron chi connectivity index (χ1n) is 9.61. The molecule has 1 amide bonds. The van der Waals surface area contributed by atoms with Crippen molar-refractivity contribution in [2.24, 2.45) is 0 Å². The lowest BCUT2D eigenvalue weighted by Gasteiger charge is -2.34. The van der Waals surface area contributed by atoms with Crippen molar-refractivity contribution in [3.63, 3.8) is 0 Å². The van der Waals surface area contributed by atoms with E-state index in [0.29, 0.717) is 43.9 Å². The largest absolute Gasteiger partial charge is 0.483 e. The standard InChI is InChI=1S/C21H28N4O3/c1-15(2)17-6-5-16(3)13-18(17)28-14-20(26)24-9-11-25(12-10-24)21-22-8-7-19(23-21)27-4/h5-8,13,15H,9-12,14H2,1-4H3. The molecular weight excluding hydrogens is 356 g/mol. The number of amides is 1. The van der Waals surface area contributed by atoms with Gasteiger partial charge in [-0.05, 0) is 30.0 Å². The molecule has 0 aliphatic carbocycles. The van der Waals surface area contributed by atoms with Gasteiger partial charge in [0.25, 0.3) is 5.91 Å². The highest BCUT2D eigenvalue weighted by Gasteiger charge is 2.23. The average Bonchev–Trinajstić information content (AvgIpc) is 2.72. The van der Waals surface area contributed by atoms with Crippen LogP contribution in [-0.2, 0) is 4.79 Å². The van der Waals surface area contributed by atoms with E-state index >= 15 is 0 Å². The van der Waals surface area contributed by atoms with Gasteiger partial charge in [-0.2, -0.15) is 4.98 Å². The summed E-state index contributed by atoms with van der Waals surface area (Å²) in [6.45, 7) is 8.93. The van der Waals surface area contributed by atoms with E-state index in [1.54, 1.807) is 19.4 Å². The van der Waals surface area contributed by atoms with Crippen molar-refractivity contribution >= 4 is 11.9 Å². The van der Waals surface area contributed by atoms with E-state index in [2.05, 4.69) is 40.8 Å². The summed E-state index contributed by atoms with van der Waals surface area (Å²) in [7, 11) is 1.58. The minimum Gasteiger partial charge on any atom is -0.483 e. The number of carbonyl (C=O) groups excluding carboxylic acids is 1. The lowest BCUT2D eigenvalue weighted by atomic mass is 10.0. The number of anilines is 1. The highest BCUT2D eigenvalue weighted by atomic mass is 16.5. The fourth-order valence-electron chi connectivity index (χ4n) is 3.23. The number of hydrogen-bond acceptors (Lipinski definition) is 6. The second kappa shape index (κ2) is 8.91. The zero-order valence-corrected chi connectivity index (χ0v) is 17.0. The van der Waals surface area contributed by atoms with Gasteiger partial charge >= 0.3 is 0 Å². The van der Waals surface area contributed by atoms with E-state index in [1.165, 1.54) is 0 Å². The van der Waals surface area contributed by atoms with Gasteiger partial charge in [-0.25, -0.2) is 4.98 Å². The highest BCUT2D eigenvalue weighted by molar-refractivity contribution is 5.78. The van der Waals surface area contributed by atoms with Crippen molar-refractivity contribution in [3.05, 3.63) is 41.6 Å². The molecule has 7 heteroatoms. The summed E-state index contributed by atoms with van der Waals surface area (Å²) in [6.07, 6.45) is 1.68. The van der Waals surface area contributed by atoms with Crippen LogP contribution in [0.2, 0.25) is 0 Å². The Morgan fingerprint density at radius 1 is 1.18 bits per heavy atom. The van der Waals surface area contributed by atoms with Crippen LogP contribution in [0.3, 0.4) is 0 Å². The Kier molecular flexibility index (Phi) is 6.34. The fraction of sp³-hybridized carbons (Fsp3) is 0.476. The van der Waals surface area contributed by atoms with Gasteiger partial charge in [-0.1, -0.05) is 26.0 Å². The Labute approximate surface area is 166 Å². The number of aromatic nitrogens is 2. The van der Waals surface area contributed by atoms with Gasteiger partial charge in [0.05, 0.1) is 7.11 Å². The van der Waals surface area contributed by atoms with E-state index < -0.39 is 0 Å². The number of hydrogen-bond donors (Lipinski definition) is 0. The molecule has 1 aliphatic rings. The normalized spacial score (nSPS) is 14.3. The third kappa shape index (κ3) is 4.71. The topological polar surface area (TPSA) is 67.8 Å². The maximum absolute atomic E-state index is 12.6. The van der Waals surface area contributed by atoms with E-state index in [0.717, 1.165) is 16.9 Å². The first kappa shape index (κ1) is 19.9. The molecule has 3 rings (SSSR count). The molecule has 28 heavy (non-hydrogen) atoms. The molecule has 0 bridgehead atoms. The maximum atomic E-state index is 12.6. The zero-order chi connectivity index (χ0) is 20.1. The molecule has 1 aliphatic heterocycles. The van der Waals surface area contributed by atoms with Crippen molar-refractivity contribution in [2.75, 3.05) is 44.8 Å².